The summed E-state index contributed by atoms with van der Waals surface area (Å²) in [6, 6.07) is 8.59. The first kappa shape index (κ1) is 15.0. The normalized spacial score (nSPS) is 10.6. The summed E-state index contributed by atoms with van der Waals surface area (Å²) in [5, 5.41) is 5.85. The topological polar surface area (TPSA) is 63.0 Å². The van der Waals surface area contributed by atoms with Crippen LogP contribution in [0.5, 0.6) is 0 Å². The van der Waals surface area contributed by atoms with Crippen molar-refractivity contribution >= 4 is 17.5 Å². The second-order valence-corrected chi connectivity index (χ2v) is 4.90. The molecular weight excluding hydrogens is 302 g/mol. The van der Waals surface area contributed by atoms with Gasteiger partial charge in [-0.25, -0.2) is 13.8 Å². The number of hydrogen-bond donors (Lipinski definition) is 2. The highest BCUT2D eigenvalue weighted by atomic mass is 19.1. The van der Waals surface area contributed by atoms with Gasteiger partial charge in [-0.1, -0.05) is 0 Å². The first-order valence-electron chi connectivity index (χ1n) is 6.94. The van der Waals surface area contributed by atoms with Crippen LogP contribution < -0.4 is 10.6 Å². The zero-order valence-corrected chi connectivity index (χ0v) is 12.3. The van der Waals surface area contributed by atoms with Crippen LogP contribution in [0.4, 0.5) is 26.2 Å². The molecule has 0 bridgehead atoms. The average Bonchev–Trinajstić information content (AvgIpc) is 3.01. The largest absolute Gasteiger partial charge is 0.467 e. The minimum Gasteiger partial charge on any atom is -0.467 e. The fraction of sp³-hybridized carbons (Fsp3) is 0.125. The molecule has 2 N–H and O–H groups in total. The lowest BCUT2D eigenvalue weighted by molar-refractivity contribution is 0.517. The molecule has 0 amide bonds. The summed E-state index contributed by atoms with van der Waals surface area (Å²) >= 11 is 0. The summed E-state index contributed by atoms with van der Waals surface area (Å²) < 4.78 is 31.9. The standard InChI is InChI=1S/C16H14F2N4O/c1-10-7-15(21-14-5-4-11(17)8-13(14)18)22-16(20-10)19-9-12-3-2-6-23-12/h2-8H,9H2,1H3,(H2,19,20,21,22). The highest BCUT2D eigenvalue weighted by Crippen LogP contribution is 2.20. The number of nitrogens with zero attached hydrogens (tertiary/aromatic N) is 2. The minimum atomic E-state index is -0.689. The number of rotatable bonds is 5. The molecule has 1 aromatic carbocycles. The molecule has 0 saturated carbocycles. The first-order chi connectivity index (χ1) is 11.1. The van der Waals surface area contributed by atoms with Crippen molar-refractivity contribution in [2.75, 3.05) is 10.6 Å². The Bertz CT molecular complexity index is 806. The number of hydrogen-bond acceptors (Lipinski definition) is 5. The van der Waals surface area contributed by atoms with E-state index in [1.165, 1.54) is 12.1 Å². The van der Waals surface area contributed by atoms with Gasteiger partial charge in [-0.2, -0.15) is 4.98 Å². The Morgan fingerprint density at radius 1 is 1.13 bits per heavy atom. The van der Waals surface area contributed by atoms with Gasteiger partial charge in [-0.05, 0) is 31.2 Å². The van der Waals surface area contributed by atoms with Gasteiger partial charge in [0.15, 0.2) is 0 Å². The van der Waals surface area contributed by atoms with Crippen molar-refractivity contribution in [3.05, 3.63) is 65.7 Å². The molecule has 3 rings (SSSR count). The SMILES string of the molecule is Cc1cc(Nc2ccc(F)cc2F)nc(NCc2ccco2)n1. The van der Waals surface area contributed by atoms with Gasteiger partial charge in [0, 0.05) is 17.8 Å². The van der Waals surface area contributed by atoms with Gasteiger partial charge in [-0.3, -0.25) is 0 Å². The van der Waals surface area contributed by atoms with Crippen molar-refractivity contribution in [3.8, 4) is 0 Å². The number of benzene rings is 1. The van der Waals surface area contributed by atoms with Gasteiger partial charge in [0.1, 0.15) is 23.2 Å². The van der Waals surface area contributed by atoms with Crippen LogP contribution in [-0.4, -0.2) is 9.97 Å². The fourth-order valence-electron chi connectivity index (χ4n) is 2.02. The van der Waals surface area contributed by atoms with E-state index in [0.29, 0.717) is 24.0 Å². The maximum Gasteiger partial charge on any atom is 0.225 e. The van der Waals surface area contributed by atoms with Crippen LogP contribution in [0.15, 0.2) is 47.1 Å². The summed E-state index contributed by atoms with van der Waals surface area (Å²) in [7, 11) is 0. The first-order valence-corrected chi connectivity index (χ1v) is 6.94. The van der Waals surface area contributed by atoms with Crippen LogP contribution in [0, 0.1) is 18.6 Å². The van der Waals surface area contributed by atoms with Gasteiger partial charge in [-0.15, -0.1) is 0 Å². The quantitative estimate of drug-likeness (QED) is 0.744. The van der Waals surface area contributed by atoms with Gasteiger partial charge < -0.3 is 15.1 Å². The van der Waals surface area contributed by atoms with Crippen LogP contribution in [-0.2, 0) is 6.54 Å². The van der Waals surface area contributed by atoms with Gasteiger partial charge >= 0.3 is 0 Å². The lowest BCUT2D eigenvalue weighted by atomic mass is 10.3. The molecule has 7 heteroatoms. The summed E-state index contributed by atoms with van der Waals surface area (Å²) in [5.74, 6) is 0.213. The molecule has 2 heterocycles. The zero-order valence-electron chi connectivity index (χ0n) is 12.3. The highest BCUT2D eigenvalue weighted by Gasteiger charge is 2.07. The van der Waals surface area contributed by atoms with Crippen molar-refractivity contribution in [2.24, 2.45) is 0 Å². The predicted molar refractivity (Wildman–Crippen MR) is 82.4 cm³/mol. The molecule has 5 nitrogen and oxygen atoms in total. The fourth-order valence-corrected chi connectivity index (χ4v) is 2.02. The van der Waals surface area contributed by atoms with Crippen molar-refractivity contribution < 1.29 is 13.2 Å². The molecule has 0 radical (unpaired) electrons. The van der Waals surface area contributed by atoms with E-state index in [4.69, 9.17) is 4.42 Å². The Kier molecular flexibility index (Phi) is 4.18. The Morgan fingerprint density at radius 2 is 2.00 bits per heavy atom. The Morgan fingerprint density at radius 3 is 2.74 bits per heavy atom. The minimum absolute atomic E-state index is 0.140. The van der Waals surface area contributed by atoms with Gasteiger partial charge in [0.2, 0.25) is 5.95 Å². The number of anilines is 3. The number of aromatic nitrogens is 2. The Balaban J connectivity index is 1.77. The van der Waals surface area contributed by atoms with Crippen molar-refractivity contribution in [2.45, 2.75) is 13.5 Å². The molecule has 0 atom stereocenters. The van der Waals surface area contributed by atoms with Crippen molar-refractivity contribution in [1.82, 2.24) is 9.97 Å². The molecule has 3 aromatic rings. The van der Waals surface area contributed by atoms with Gasteiger partial charge in [0.25, 0.3) is 0 Å². The smallest absolute Gasteiger partial charge is 0.225 e. The molecule has 2 aromatic heterocycles. The monoisotopic (exact) mass is 316 g/mol. The summed E-state index contributed by atoms with van der Waals surface area (Å²) in [4.78, 5) is 8.51. The summed E-state index contributed by atoms with van der Waals surface area (Å²) in [5.41, 5.74) is 0.841. The molecule has 0 fully saturated rings. The molecular formula is C16H14F2N4O. The van der Waals surface area contributed by atoms with Crippen LogP contribution in [0.25, 0.3) is 0 Å². The Hall–Kier alpha value is -2.96. The highest BCUT2D eigenvalue weighted by molar-refractivity contribution is 5.58. The third kappa shape index (κ3) is 3.82. The van der Waals surface area contributed by atoms with E-state index in [-0.39, 0.29) is 5.69 Å². The second-order valence-electron chi connectivity index (χ2n) is 4.90. The number of aryl methyl sites for hydroxylation is 1. The number of furan rings is 1. The van der Waals surface area contributed by atoms with E-state index in [1.807, 2.05) is 6.07 Å². The lowest BCUT2D eigenvalue weighted by Crippen LogP contribution is -2.06. The lowest BCUT2D eigenvalue weighted by Gasteiger charge is -2.10. The molecule has 0 aliphatic rings. The summed E-state index contributed by atoms with van der Waals surface area (Å²) in [6.45, 7) is 2.23. The van der Waals surface area contributed by atoms with E-state index >= 15 is 0 Å². The van der Waals surface area contributed by atoms with Crippen LogP contribution in [0.3, 0.4) is 0 Å². The third-order valence-electron chi connectivity index (χ3n) is 3.05. The van der Waals surface area contributed by atoms with Crippen LogP contribution >= 0.6 is 0 Å². The van der Waals surface area contributed by atoms with E-state index in [1.54, 1.807) is 25.3 Å². The summed E-state index contributed by atoms with van der Waals surface area (Å²) in [6.07, 6.45) is 1.58. The molecule has 23 heavy (non-hydrogen) atoms. The third-order valence-corrected chi connectivity index (χ3v) is 3.05. The Labute approximate surface area is 131 Å². The molecule has 118 valence electrons. The molecule has 0 spiro atoms. The van der Waals surface area contributed by atoms with E-state index in [2.05, 4.69) is 20.6 Å². The van der Waals surface area contributed by atoms with Crippen LogP contribution in [0.1, 0.15) is 11.5 Å². The van der Waals surface area contributed by atoms with Crippen LogP contribution in [0.2, 0.25) is 0 Å². The maximum atomic E-state index is 13.7. The predicted octanol–water partition coefficient (Wildman–Crippen LogP) is 4.01. The number of halogens is 2. The molecule has 0 unspecified atom stereocenters. The second kappa shape index (κ2) is 6.43. The van der Waals surface area contributed by atoms with E-state index in [0.717, 1.165) is 11.8 Å². The van der Waals surface area contributed by atoms with E-state index < -0.39 is 11.6 Å². The van der Waals surface area contributed by atoms with Crippen molar-refractivity contribution in [1.29, 1.82) is 0 Å². The van der Waals surface area contributed by atoms with E-state index in [9.17, 15) is 8.78 Å². The zero-order chi connectivity index (χ0) is 16.2. The number of nitrogens with one attached hydrogen (secondary N) is 2. The average molecular weight is 316 g/mol. The molecule has 0 saturated heterocycles. The molecule has 0 aliphatic heterocycles. The molecule has 0 aliphatic carbocycles. The van der Waals surface area contributed by atoms with Gasteiger partial charge in [0.05, 0.1) is 18.5 Å². The van der Waals surface area contributed by atoms with Crippen molar-refractivity contribution in [3.63, 3.8) is 0 Å². The maximum absolute atomic E-state index is 13.7.